The number of rotatable bonds is 10. The van der Waals surface area contributed by atoms with Gasteiger partial charge in [-0.15, -0.1) is 10.2 Å². The summed E-state index contributed by atoms with van der Waals surface area (Å²) in [6, 6.07) is 24.6. The van der Waals surface area contributed by atoms with E-state index in [1.165, 1.54) is 16.5 Å². The Labute approximate surface area is 245 Å². The molecule has 0 aliphatic heterocycles. The molecule has 1 amide bonds. The lowest BCUT2D eigenvalue weighted by molar-refractivity contribution is -0.126. The number of nitrogens with two attached hydrogens (primary N) is 1. The number of nitrogens with zero attached hydrogens (tertiary/aromatic N) is 3. The quantitative estimate of drug-likeness (QED) is 0.177. The molecular formula is C34H37N7O. The normalized spacial score (nSPS) is 12.7. The van der Waals surface area contributed by atoms with E-state index in [0.29, 0.717) is 25.2 Å². The molecule has 0 aliphatic rings. The van der Waals surface area contributed by atoms with Gasteiger partial charge in [-0.05, 0) is 56.0 Å². The summed E-state index contributed by atoms with van der Waals surface area (Å²) in [5.74, 6) is 1.35. The lowest BCUT2D eigenvalue weighted by Gasteiger charge is -2.25. The predicted octanol–water partition coefficient (Wildman–Crippen LogP) is 5.52. The standard InChI is InChI=1S/C34H37N7O/c1-22-12-14-23(15-13-22)21-41-31(17-16-24-19-36-28-10-6-4-8-26(24)28)39-40-32(41)30(38-33(42)34(2,3)35)18-25-20-37-29-11-7-5-9-27(25)29/h4-15,19-20,30,36-37H,16-18,21,35H2,1-3H3,(H,38,42)/t30-/m1/s1. The summed E-state index contributed by atoms with van der Waals surface area (Å²) >= 11 is 0. The second kappa shape index (κ2) is 11.3. The van der Waals surface area contributed by atoms with Crippen molar-refractivity contribution >= 4 is 27.7 Å². The zero-order chi connectivity index (χ0) is 29.3. The Balaban J connectivity index is 1.38. The van der Waals surface area contributed by atoms with Gasteiger partial charge in [0.25, 0.3) is 0 Å². The summed E-state index contributed by atoms with van der Waals surface area (Å²) < 4.78 is 2.17. The molecule has 0 spiro atoms. The van der Waals surface area contributed by atoms with Gasteiger partial charge in [0.1, 0.15) is 5.82 Å². The van der Waals surface area contributed by atoms with E-state index in [-0.39, 0.29) is 5.91 Å². The third kappa shape index (κ3) is 5.71. The number of nitrogens with one attached hydrogen (secondary N) is 3. The fourth-order valence-electron chi connectivity index (χ4n) is 5.50. The molecule has 0 unspecified atom stereocenters. The Morgan fingerprint density at radius 1 is 0.881 bits per heavy atom. The Morgan fingerprint density at radius 3 is 2.17 bits per heavy atom. The molecule has 42 heavy (non-hydrogen) atoms. The van der Waals surface area contributed by atoms with Gasteiger partial charge in [0.15, 0.2) is 5.82 Å². The van der Waals surface area contributed by atoms with Crippen molar-refractivity contribution in [3.05, 3.63) is 119 Å². The summed E-state index contributed by atoms with van der Waals surface area (Å²) in [5.41, 5.74) is 12.1. The molecule has 0 bridgehead atoms. The van der Waals surface area contributed by atoms with Crippen molar-refractivity contribution < 1.29 is 4.79 Å². The van der Waals surface area contributed by atoms with Crippen LogP contribution < -0.4 is 11.1 Å². The van der Waals surface area contributed by atoms with Crippen molar-refractivity contribution in [2.24, 2.45) is 5.73 Å². The second-order valence-electron chi connectivity index (χ2n) is 11.7. The van der Waals surface area contributed by atoms with E-state index in [2.05, 4.69) is 87.6 Å². The van der Waals surface area contributed by atoms with Crippen molar-refractivity contribution in [1.29, 1.82) is 0 Å². The minimum absolute atomic E-state index is 0.238. The smallest absolute Gasteiger partial charge is 0.240 e. The van der Waals surface area contributed by atoms with E-state index in [4.69, 9.17) is 15.9 Å². The number of benzene rings is 3. The van der Waals surface area contributed by atoms with E-state index in [0.717, 1.165) is 39.8 Å². The van der Waals surface area contributed by atoms with Crippen molar-refractivity contribution in [1.82, 2.24) is 30.0 Å². The summed E-state index contributed by atoms with van der Waals surface area (Å²) in [6.45, 7) is 6.11. The first-order valence-electron chi connectivity index (χ1n) is 14.4. The molecule has 8 heteroatoms. The largest absolute Gasteiger partial charge is 0.361 e. The number of para-hydroxylation sites is 2. The Bertz CT molecular complexity index is 1840. The maximum atomic E-state index is 13.3. The number of fused-ring (bicyclic) bond motifs is 2. The third-order valence-corrected chi connectivity index (χ3v) is 7.91. The van der Waals surface area contributed by atoms with Gasteiger partial charge in [0.2, 0.25) is 5.91 Å². The van der Waals surface area contributed by atoms with Crippen LogP contribution in [0.25, 0.3) is 21.8 Å². The second-order valence-corrected chi connectivity index (χ2v) is 11.7. The van der Waals surface area contributed by atoms with Gasteiger partial charge >= 0.3 is 0 Å². The minimum atomic E-state index is -1.04. The van der Waals surface area contributed by atoms with E-state index in [1.54, 1.807) is 13.8 Å². The van der Waals surface area contributed by atoms with Gasteiger partial charge in [-0.2, -0.15) is 0 Å². The lowest BCUT2D eigenvalue weighted by atomic mass is 10.0. The van der Waals surface area contributed by atoms with Crippen LogP contribution in [0.2, 0.25) is 0 Å². The van der Waals surface area contributed by atoms with Crippen molar-refractivity contribution in [3.63, 3.8) is 0 Å². The molecule has 3 aromatic carbocycles. The van der Waals surface area contributed by atoms with Crippen LogP contribution >= 0.6 is 0 Å². The highest BCUT2D eigenvalue weighted by molar-refractivity contribution is 5.86. The summed E-state index contributed by atoms with van der Waals surface area (Å²) in [7, 11) is 0. The zero-order valence-electron chi connectivity index (χ0n) is 24.3. The molecular weight excluding hydrogens is 522 g/mol. The van der Waals surface area contributed by atoms with Crippen LogP contribution in [0, 0.1) is 6.92 Å². The molecule has 6 rings (SSSR count). The molecule has 3 heterocycles. The predicted molar refractivity (Wildman–Crippen MR) is 167 cm³/mol. The van der Waals surface area contributed by atoms with Crippen LogP contribution in [-0.4, -0.2) is 36.2 Å². The van der Waals surface area contributed by atoms with Gasteiger partial charge in [-0.3, -0.25) is 4.79 Å². The molecule has 0 fully saturated rings. The first-order valence-corrected chi connectivity index (χ1v) is 14.4. The highest BCUT2D eigenvalue weighted by Crippen LogP contribution is 2.26. The first kappa shape index (κ1) is 27.5. The van der Waals surface area contributed by atoms with Gasteiger partial charge in [-0.25, -0.2) is 0 Å². The molecule has 0 aliphatic carbocycles. The van der Waals surface area contributed by atoms with Crippen LogP contribution in [-0.2, 0) is 30.6 Å². The number of hydrogen-bond acceptors (Lipinski definition) is 4. The number of aromatic amines is 2. The van der Waals surface area contributed by atoms with E-state index in [1.807, 2.05) is 24.4 Å². The average Bonchev–Trinajstić information content (AvgIpc) is 3.69. The monoisotopic (exact) mass is 559 g/mol. The molecule has 0 saturated heterocycles. The van der Waals surface area contributed by atoms with Gasteiger partial charge < -0.3 is 25.6 Å². The fourth-order valence-corrected chi connectivity index (χ4v) is 5.50. The SMILES string of the molecule is Cc1ccc(Cn2c(CCc3c[nH]c4ccccc34)nnc2[C@@H](Cc2c[nH]c3ccccc23)NC(=O)C(C)(C)N)cc1. The van der Waals surface area contributed by atoms with Crippen LogP contribution in [0.4, 0.5) is 0 Å². The molecule has 0 radical (unpaired) electrons. The van der Waals surface area contributed by atoms with Gasteiger partial charge in [0.05, 0.1) is 18.1 Å². The van der Waals surface area contributed by atoms with E-state index in [9.17, 15) is 4.79 Å². The molecule has 214 valence electrons. The molecule has 0 saturated carbocycles. The molecule has 3 aromatic heterocycles. The number of aromatic nitrogens is 5. The summed E-state index contributed by atoms with van der Waals surface area (Å²) in [6.07, 6.45) is 6.15. The lowest BCUT2D eigenvalue weighted by Crippen LogP contribution is -2.50. The van der Waals surface area contributed by atoms with Crippen LogP contribution in [0.15, 0.2) is 85.2 Å². The summed E-state index contributed by atoms with van der Waals surface area (Å²) in [5, 5.41) is 15.0. The van der Waals surface area contributed by atoms with Crippen molar-refractivity contribution in [3.8, 4) is 0 Å². The minimum Gasteiger partial charge on any atom is -0.361 e. The Hall–Kier alpha value is -4.69. The summed E-state index contributed by atoms with van der Waals surface area (Å²) in [4.78, 5) is 20.0. The average molecular weight is 560 g/mol. The zero-order valence-corrected chi connectivity index (χ0v) is 24.3. The van der Waals surface area contributed by atoms with Crippen molar-refractivity contribution in [2.45, 2.75) is 58.2 Å². The van der Waals surface area contributed by atoms with E-state index < -0.39 is 11.6 Å². The Morgan fingerprint density at radius 2 is 1.50 bits per heavy atom. The molecule has 5 N–H and O–H groups in total. The number of amides is 1. The number of aryl methyl sites for hydroxylation is 3. The number of carbonyl (C=O) groups is 1. The highest BCUT2D eigenvalue weighted by atomic mass is 16.2. The first-order chi connectivity index (χ1) is 20.3. The fraction of sp³-hybridized carbons (Fsp3) is 0.265. The van der Waals surface area contributed by atoms with Gasteiger partial charge in [0, 0.05) is 47.0 Å². The number of H-pyrrole nitrogens is 2. The number of carbonyl (C=O) groups excluding carboxylic acids is 1. The maximum Gasteiger partial charge on any atom is 0.240 e. The third-order valence-electron chi connectivity index (χ3n) is 7.91. The van der Waals surface area contributed by atoms with Crippen LogP contribution in [0.5, 0.6) is 0 Å². The van der Waals surface area contributed by atoms with Crippen molar-refractivity contribution in [2.75, 3.05) is 0 Å². The maximum absolute atomic E-state index is 13.3. The number of hydrogen-bond donors (Lipinski definition) is 4. The molecule has 1 atom stereocenters. The van der Waals surface area contributed by atoms with Gasteiger partial charge in [-0.1, -0.05) is 66.2 Å². The Kier molecular flexibility index (Phi) is 7.39. The molecule has 8 nitrogen and oxygen atoms in total. The molecule has 6 aromatic rings. The van der Waals surface area contributed by atoms with E-state index >= 15 is 0 Å². The topological polar surface area (TPSA) is 117 Å². The van der Waals surface area contributed by atoms with Crippen LogP contribution in [0.3, 0.4) is 0 Å². The highest BCUT2D eigenvalue weighted by Gasteiger charge is 2.29. The van der Waals surface area contributed by atoms with Crippen LogP contribution in [0.1, 0.15) is 53.8 Å².